The van der Waals surface area contributed by atoms with Crippen LogP contribution < -0.4 is 9.64 Å². The van der Waals surface area contributed by atoms with Crippen molar-refractivity contribution >= 4 is 35.0 Å². The maximum Gasteiger partial charge on any atom is 0.262 e. The van der Waals surface area contributed by atoms with E-state index < -0.39 is 0 Å². The number of carbonyl (C=O) groups is 1. The third kappa shape index (κ3) is 4.57. The molecule has 1 aliphatic heterocycles. The molecule has 0 saturated carbocycles. The van der Waals surface area contributed by atoms with Gasteiger partial charge in [0.15, 0.2) is 0 Å². The highest BCUT2D eigenvalue weighted by Crippen LogP contribution is 2.35. The first-order valence-corrected chi connectivity index (χ1v) is 10.8. The summed E-state index contributed by atoms with van der Waals surface area (Å²) in [6.45, 7) is 4.70. The first-order chi connectivity index (χ1) is 15.1. The van der Waals surface area contributed by atoms with Gasteiger partial charge in [0.25, 0.3) is 5.91 Å². The summed E-state index contributed by atoms with van der Waals surface area (Å²) in [5.74, 6) is 0.764. The molecule has 4 rings (SSSR count). The van der Waals surface area contributed by atoms with Crippen molar-refractivity contribution in [2.45, 2.75) is 20.3 Å². The van der Waals surface area contributed by atoms with E-state index in [4.69, 9.17) is 16.3 Å². The van der Waals surface area contributed by atoms with Crippen molar-refractivity contribution in [2.75, 3.05) is 11.5 Å². The number of carbonyl (C=O) groups excluding carboxylic acids is 1. The van der Waals surface area contributed by atoms with E-state index in [1.807, 2.05) is 79.7 Å². The van der Waals surface area contributed by atoms with Crippen LogP contribution in [-0.4, -0.2) is 12.5 Å². The number of halogens is 1. The van der Waals surface area contributed by atoms with Gasteiger partial charge in [0, 0.05) is 16.3 Å². The quantitative estimate of drug-likeness (QED) is 0.404. The second-order valence-corrected chi connectivity index (χ2v) is 7.74. The molecule has 0 N–H and O–H groups in total. The predicted molar refractivity (Wildman–Crippen MR) is 128 cm³/mol. The van der Waals surface area contributed by atoms with Gasteiger partial charge in [-0.2, -0.15) is 0 Å². The van der Waals surface area contributed by atoms with Crippen molar-refractivity contribution in [3.63, 3.8) is 0 Å². The Labute approximate surface area is 188 Å². The summed E-state index contributed by atoms with van der Waals surface area (Å²) in [5.41, 5.74) is 5.43. The molecule has 0 bridgehead atoms. The number of rotatable bonds is 6. The number of aryl methyl sites for hydroxylation is 1. The Balaban J connectivity index is 1.74. The van der Waals surface area contributed by atoms with Gasteiger partial charge < -0.3 is 4.74 Å². The fourth-order valence-corrected chi connectivity index (χ4v) is 3.72. The van der Waals surface area contributed by atoms with Crippen LogP contribution in [-0.2, 0) is 11.2 Å². The Kier molecular flexibility index (Phi) is 6.24. The highest BCUT2D eigenvalue weighted by molar-refractivity contribution is 6.30. The molecule has 1 aliphatic rings. The standard InChI is InChI=1S/C27H24ClNO2/c1-3-19-5-13-24(14-6-19)29-26(21-9-11-23(28)12-10-21)18-22(27(29)30)17-20-7-15-25(16-8-20)31-4-2/h5-18H,3-4H2,1-2H3/b22-17+. The average molecular weight is 430 g/mol. The number of ether oxygens (including phenoxy) is 1. The number of benzene rings is 3. The van der Waals surface area contributed by atoms with Crippen molar-refractivity contribution in [1.82, 2.24) is 0 Å². The Bertz CT molecular complexity index is 1130. The molecule has 0 spiro atoms. The summed E-state index contributed by atoms with van der Waals surface area (Å²) in [7, 11) is 0. The third-order valence-electron chi connectivity index (χ3n) is 5.24. The van der Waals surface area contributed by atoms with Crippen LogP contribution in [0.3, 0.4) is 0 Å². The van der Waals surface area contributed by atoms with Crippen LogP contribution in [0.25, 0.3) is 11.8 Å². The smallest absolute Gasteiger partial charge is 0.262 e. The second kappa shape index (κ2) is 9.23. The van der Waals surface area contributed by atoms with Crippen LogP contribution in [0.5, 0.6) is 5.75 Å². The number of hydrogen-bond acceptors (Lipinski definition) is 2. The first kappa shape index (κ1) is 21.0. The van der Waals surface area contributed by atoms with Crippen molar-refractivity contribution in [3.05, 3.63) is 106 Å². The lowest BCUT2D eigenvalue weighted by Crippen LogP contribution is -2.24. The predicted octanol–water partition coefficient (Wildman–Crippen LogP) is 6.77. The van der Waals surface area contributed by atoms with E-state index in [2.05, 4.69) is 19.1 Å². The molecule has 156 valence electrons. The van der Waals surface area contributed by atoms with E-state index in [9.17, 15) is 4.79 Å². The minimum atomic E-state index is -0.0527. The van der Waals surface area contributed by atoms with Crippen LogP contribution in [0.4, 0.5) is 5.69 Å². The summed E-state index contributed by atoms with van der Waals surface area (Å²) >= 11 is 6.08. The molecule has 0 aromatic heterocycles. The highest BCUT2D eigenvalue weighted by atomic mass is 35.5. The molecule has 3 nitrogen and oxygen atoms in total. The highest BCUT2D eigenvalue weighted by Gasteiger charge is 2.30. The molecule has 0 saturated heterocycles. The van der Waals surface area contributed by atoms with E-state index >= 15 is 0 Å². The van der Waals surface area contributed by atoms with Gasteiger partial charge in [-0.25, -0.2) is 0 Å². The first-order valence-electron chi connectivity index (χ1n) is 10.4. The second-order valence-electron chi connectivity index (χ2n) is 7.30. The lowest BCUT2D eigenvalue weighted by atomic mass is 10.1. The third-order valence-corrected chi connectivity index (χ3v) is 5.49. The monoisotopic (exact) mass is 429 g/mol. The van der Waals surface area contributed by atoms with Crippen LogP contribution in [0.15, 0.2) is 84.4 Å². The van der Waals surface area contributed by atoms with Gasteiger partial charge in [0.05, 0.1) is 12.3 Å². The van der Waals surface area contributed by atoms with Gasteiger partial charge in [-0.05, 0) is 78.6 Å². The Morgan fingerprint density at radius 1 is 0.903 bits per heavy atom. The van der Waals surface area contributed by atoms with Gasteiger partial charge in [-0.15, -0.1) is 0 Å². The molecule has 1 amide bonds. The molecular formula is C27H24ClNO2. The largest absolute Gasteiger partial charge is 0.494 e. The molecule has 31 heavy (non-hydrogen) atoms. The van der Waals surface area contributed by atoms with E-state index in [-0.39, 0.29) is 5.91 Å². The molecule has 1 heterocycles. The van der Waals surface area contributed by atoms with Gasteiger partial charge in [-0.3, -0.25) is 9.69 Å². The van der Waals surface area contributed by atoms with Crippen LogP contribution >= 0.6 is 11.6 Å². The van der Waals surface area contributed by atoms with Crippen molar-refractivity contribution in [1.29, 1.82) is 0 Å². The zero-order valence-electron chi connectivity index (χ0n) is 17.6. The lowest BCUT2D eigenvalue weighted by Gasteiger charge is -2.21. The molecule has 3 aromatic carbocycles. The number of hydrogen-bond donors (Lipinski definition) is 0. The normalized spacial score (nSPS) is 14.8. The Hall–Kier alpha value is -3.30. The maximum absolute atomic E-state index is 13.4. The summed E-state index contributed by atoms with van der Waals surface area (Å²) in [6, 6.07) is 23.4. The maximum atomic E-state index is 13.4. The molecule has 0 atom stereocenters. The van der Waals surface area contributed by atoms with E-state index in [0.29, 0.717) is 17.2 Å². The Morgan fingerprint density at radius 2 is 1.58 bits per heavy atom. The molecule has 0 aliphatic carbocycles. The van der Waals surface area contributed by atoms with E-state index in [1.54, 1.807) is 4.90 Å². The van der Waals surface area contributed by atoms with Crippen molar-refractivity contribution < 1.29 is 9.53 Å². The minimum Gasteiger partial charge on any atom is -0.494 e. The van der Waals surface area contributed by atoms with E-state index in [0.717, 1.165) is 34.7 Å². The van der Waals surface area contributed by atoms with Gasteiger partial charge in [0.1, 0.15) is 5.75 Å². The fraction of sp³-hybridized carbons (Fsp3) is 0.148. The summed E-state index contributed by atoms with van der Waals surface area (Å²) in [4.78, 5) is 15.2. The molecule has 0 radical (unpaired) electrons. The zero-order chi connectivity index (χ0) is 21.8. The number of anilines is 1. The molecule has 0 unspecified atom stereocenters. The van der Waals surface area contributed by atoms with Crippen LogP contribution in [0, 0.1) is 0 Å². The topological polar surface area (TPSA) is 29.5 Å². The minimum absolute atomic E-state index is 0.0527. The molecular weight excluding hydrogens is 406 g/mol. The van der Waals surface area contributed by atoms with Crippen LogP contribution in [0.2, 0.25) is 5.02 Å². The SMILES string of the molecule is CCOc1ccc(/C=C2\C=C(c3ccc(Cl)cc3)N(c3ccc(CC)cc3)C2=O)cc1. The Morgan fingerprint density at radius 3 is 2.19 bits per heavy atom. The number of amides is 1. The van der Waals surface area contributed by atoms with Crippen molar-refractivity contribution in [3.8, 4) is 5.75 Å². The average Bonchev–Trinajstić information content (AvgIpc) is 3.11. The molecule has 3 aromatic rings. The zero-order valence-corrected chi connectivity index (χ0v) is 18.4. The summed E-state index contributed by atoms with van der Waals surface area (Å²) < 4.78 is 5.51. The van der Waals surface area contributed by atoms with Gasteiger partial charge in [0.2, 0.25) is 0 Å². The number of nitrogens with zero attached hydrogens (tertiary/aromatic N) is 1. The molecule has 0 fully saturated rings. The van der Waals surface area contributed by atoms with Crippen molar-refractivity contribution in [2.24, 2.45) is 0 Å². The fourth-order valence-electron chi connectivity index (χ4n) is 3.59. The van der Waals surface area contributed by atoms with Crippen LogP contribution in [0.1, 0.15) is 30.5 Å². The summed E-state index contributed by atoms with van der Waals surface area (Å²) in [6.07, 6.45) is 4.81. The molecule has 4 heteroatoms. The summed E-state index contributed by atoms with van der Waals surface area (Å²) in [5, 5.41) is 0.665. The van der Waals surface area contributed by atoms with E-state index in [1.165, 1.54) is 5.56 Å². The lowest BCUT2D eigenvalue weighted by molar-refractivity contribution is -0.113. The van der Waals surface area contributed by atoms with Gasteiger partial charge >= 0.3 is 0 Å². The van der Waals surface area contributed by atoms with Gasteiger partial charge in [-0.1, -0.05) is 54.9 Å².